The number of halogens is 4. The maximum absolute atomic E-state index is 12.5. The second-order valence-corrected chi connectivity index (χ2v) is 8.29. The molecule has 1 atom stereocenters. The molecule has 3 aromatic rings. The van der Waals surface area contributed by atoms with E-state index in [9.17, 15) is 4.79 Å². The highest BCUT2D eigenvalue weighted by atomic mass is 35.5. The van der Waals surface area contributed by atoms with Gasteiger partial charge < -0.3 is 26.6 Å². The summed E-state index contributed by atoms with van der Waals surface area (Å²) in [6.45, 7) is 1.72. The third-order valence-electron chi connectivity index (χ3n) is 5.49. The first-order valence-electron chi connectivity index (χ1n) is 10.5. The van der Waals surface area contributed by atoms with E-state index in [0.29, 0.717) is 16.8 Å². The van der Waals surface area contributed by atoms with Crippen LogP contribution in [0.3, 0.4) is 0 Å². The molecule has 2 amide bonds. The Morgan fingerprint density at radius 3 is 2.69 bits per heavy atom. The van der Waals surface area contributed by atoms with Crippen LogP contribution in [0.25, 0.3) is 0 Å². The molecule has 2 aliphatic rings. The summed E-state index contributed by atoms with van der Waals surface area (Å²) in [5.41, 5.74) is 4.45. The third kappa shape index (κ3) is 7.22. The molecular formula is C22H26Cl4N8O. The van der Waals surface area contributed by atoms with E-state index in [-0.39, 0.29) is 49.3 Å². The minimum atomic E-state index is -0.199. The van der Waals surface area contributed by atoms with Crippen molar-refractivity contribution in [1.29, 1.82) is 0 Å². The number of nitrogens with zero attached hydrogens (tertiary/aromatic N) is 3. The van der Waals surface area contributed by atoms with Crippen LogP contribution in [-0.2, 0) is 12.8 Å². The highest BCUT2D eigenvalue weighted by molar-refractivity contribution is 6.32. The number of fused-ring (bicyclic) bond motifs is 6. The minimum Gasteiger partial charge on any atom is -0.339 e. The molecular weight excluding hydrogens is 534 g/mol. The summed E-state index contributed by atoms with van der Waals surface area (Å²) in [7, 11) is 0. The van der Waals surface area contributed by atoms with Crippen molar-refractivity contribution in [2.45, 2.75) is 25.3 Å². The molecule has 188 valence electrons. The smallest absolute Gasteiger partial charge is 0.319 e. The lowest BCUT2D eigenvalue weighted by molar-refractivity contribution is 0.249. The van der Waals surface area contributed by atoms with Crippen molar-refractivity contribution >= 4 is 83.7 Å². The van der Waals surface area contributed by atoms with Gasteiger partial charge in [-0.15, -0.1) is 37.2 Å². The number of hydrogen-bond donors (Lipinski definition) is 5. The Kier molecular flexibility index (Phi) is 10.6. The summed E-state index contributed by atoms with van der Waals surface area (Å²) in [5, 5.41) is 16.1. The van der Waals surface area contributed by atoms with Crippen molar-refractivity contribution in [1.82, 2.24) is 25.6 Å². The predicted molar refractivity (Wildman–Crippen MR) is 147 cm³/mol. The SMILES string of the molecule is Cl.Cl.Cl.O=C(Nc1ccc2cc1CCc1cncc(c1)Nc1ncc(Cl)c(n1)N2)N[C@H]1CCNC1. The predicted octanol–water partition coefficient (Wildman–Crippen LogP) is 4.86. The largest absolute Gasteiger partial charge is 0.339 e. The van der Waals surface area contributed by atoms with Crippen molar-refractivity contribution in [2.24, 2.45) is 0 Å². The molecule has 1 fully saturated rings. The lowest BCUT2D eigenvalue weighted by Gasteiger charge is -2.16. The molecule has 2 aliphatic heterocycles. The van der Waals surface area contributed by atoms with E-state index in [1.165, 1.54) is 0 Å². The van der Waals surface area contributed by atoms with Crippen molar-refractivity contribution in [3.05, 3.63) is 59.0 Å². The van der Waals surface area contributed by atoms with Gasteiger partial charge in [0.15, 0.2) is 5.82 Å². The van der Waals surface area contributed by atoms with Gasteiger partial charge in [0.05, 0.1) is 18.1 Å². The number of urea groups is 1. The fourth-order valence-electron chi connectivity index (χ4n) is 3.87. The van der Waals surface area contributed by atoms with Crippen molar-refractivity contribution in [3.63, 3.8) is 0 Å². The van der Waals surface area contributed by atoms with Gasteiger partial charge in [-0.25, -0.2) is 9.78 Å². The first kappa shape index (κ1) is 28.7. The Hall–Kier alpha value is -2.56. The maximum Gasteiger partial charge on any atom is 0.319 e. The summed E-state index contributed by atoms with van der Waals surface area (Å²) in [6.07, 6.45) is 7.53. The summed E-state index contributed by atoms with van der Waals surface area (Å²) in [5.74, 6) is 0.914. The Balaban J connectivity index is 0.00000144. The van der Waals surface area contributed by atoms with Gasteiger partial charge in [0, 0.05) is 30.2 Å². The van der Waals surface area contributed by atoms with Crippen LogP contribution < -0.4 is 26.6 Å². The monoisotopic (exact) mass is 558 g/mol. The van der Waals surface area contributed by atoms with Crippen LogP contribution in [0.1, 0.15) is 17.5 Å². The van der Waals surface area contributed by atoms with Crippen LogP contribution in [0.4, 0.5) is 33.6 Å². The number of anilines is 5. The molecule has 4 heterocycles. The van der Waals surface area contributed by atoms with Gasteiger partial charge in [0.2, 0.25) is 5.95 Å². The number of carbonyl (C=O) groups excluding carboxylic acids is 1. The number of benzene rings is 1. The molecule has 0 spiro atoms. The first-order chi connectivity index (χ1) is 15.6. The molecule has 1 aromatic carbocycles. The van der Waals surface area contributed by atoms with Crippen LogP contribution >= 0.6 is 48.8 Å². The summed E-state index contributed by atoms with van der Waals surface area (Å²) < 4.78 is 0. The molecule has 35 heavy (non-hydrogen) atoms. The summed E-state index contributed by atoms with van der Waals surface area (Å²) in [6, 6.07) is 7.77. The molecule has 9 nitrogen and oxygen atoms in total. The molecule has 1 saturated heterocycles. The zero-order chi connectivity index (χ0) is 21.9. The quantitative estimate of drug-likeness (QED) is 0.304. The number of aryl methyl sites for hydroxylation is 2. The molecule has 5 rings (SSSR count). The van der Waals surface area contributed by atoms with Crippen LogP contribution in [0.2, 0.25) is 5.02 Å². The molecule has 13 heteroatoms. The zero-order valence-corrected chi connectivity index (χ0v) is 21.7. The molecule has 0 saturated carbocycles. The third-order valence-corrected chi connectivity index (χ3v) is 5.77. The second-order valence-electron chi connectivity index (χ2n) is 7.88. The van der Waals surface area contributed by atoms with E-state index in [0.717, 1.165) is 60.5 Å². The van der Waals surface area contributed by atoms with Gasteiger partial charge in [-0.05, 0) is 61.2 Å². The fraction of sp³-hybridized carbons (Fsp3) is 0.273. The lowest BCUT2D eigenvalue weighted by Crippen LogP contribution is -2.39. The number of pyridine rings is 1. The Labute approximate surface area is 226 Å². The van der Waals surface area contributed by atoms with Gasteiger partial charge in [-0.1, -0.05) is 11.6 Å². The zero-order valence-electron chi connectivity index (χ0n) is 18.5. The van der Waals surface area contributed by atoms with E-state index >= 15 is 0 Å². The van der Waals surface area contributed by atoms with Crippen molar-refractivity contribution < 1.29 is 4.79 Å². The van der Waals surface area contributed by atoms with E-state index in [1.54, 1.807) is 12.4 Å². The van der Waals surface area contributed by atoms with E-state index in [1.807, 2.05) is 30.5 Å². The summed E-state index contributed by atoms with van der Waals surface area (Å²) >= 11 is 6.32. The van der Waals surface area contributed by atoms with Crippen LogP contribution in [0, 0.1) is 0 Å². The average Bonchev–Trinajstić information content (AvgIpc) is 3.29. The number of rotatable bonds is 2. The van der Waals surface area contributed by atoms with Gasteiger partial charge in [-0.2, -0.15) is 4.98 Å². The topological polar surface area (TPSA) is 116 Å². The molecule has 6 bridgehead atoms. The Morgan fingerprint density at radius 1 is 1.03 bits per heavy atom. The highest BCUT2D eigenvalue weighted by Gasteiger charge is 2.18. The van der Waals surface area contributed by atoms with Gasteiger partial charge in [-0.3, -0.25) is 4.98 Å². The standard InChI is InChI=1S/C22H23ClN8O.3ClH/c23-18-12-26-21-28-17-7-13(9-25-11-17)1-2-14-8-15(27-20(18)31-21)3-4-19(14)30-22(32)29-16-5-6-24-10-16;;;/h3-4,7-9,11-12,16,24H,1-2,5-6,10H2,(H2,29,30,32)(H2,26,27,28,31);3*1H/t16-;;;/m0.../s1. The number of amides is 2. The highest BCUT2D eigenvalue weighted by Crippen LogP contribution is 2.29. The molecule has 0 aliphatic carbocycles. The fourth-order valence-corrected chi connectivity index (χ4v) is 4.01. The van der Waals surface area contributed by atoms with E-state index in [4.69, 9.17) is 11.6 Å². The number of nitrogens with one attached hydrogen (secondary N) is 5. The maximum atomic E-state index is 12.5. The molecule has 0 unspecified atom stereocenters. The Bertz CT molecular complexity index is 1160. The van der Waals surface area contributed by atoms with Gasteiger partial charge >= 0.3 is 6.03 Å². The molecule has 0 radical (unpaired) electrons. The van der Waals surface area contributed by atoms with Crippen LogP contribution in [0.5, 0.6) is 0 Å². The molecule has 2 aromatic heterocycles. The van der Waals surface area contributed by atoms with Crippen LogP contribution in [0.15, 0.2) is 42.9 Å². The number of aromatic nitrogens is 3. The van der Waals surface area contributed by atoms with E-state index in [2.05, 4.69) is 41.5 Å². The second kappa shape index (κ2) is 12.9. The van der Waals surface area contributed by atoms with E-state index < -0.39 is 0 Å². The number of carbonyl (C=O) groups is 1. The first-order valence-corrected chi connectivity index (χ1v) is 10.9. The molecule has 5 N–H and O–H groups in total. The number of hydrogen-bond acceptors (Lipinski definition) is 7. The van der Waals surface area contributed by atoms with Gasteiger partial charge in [0.25, 0.3) is 0 Å². The van der Waals surface area contributed by atoms with Crippen molar-refractivity contribution in [3.8, 4) is 0 Å². The van der Waals surface area contributed by atoms with Gasteiger partial charge in [0.1, 0.15) is 5.02 Å². The summed E-state index contributed by atoms with van der Waals surface area (Å²) in [4.78, 5) is 25.6. The lowest BCUT2D eigenvalue weighted by atomic mass is 10.0. The van der Waals surface area contributed by atoms with Crippen LogP contribution in [-0.4, -0.2) is 40.1 Å². The van der Waals surface area contributed by atoms with Crippen molar-refractivity contribution in [2.75, 3.05) is 29.0 Å². The minimum absolute atomic E-state index is 0. The average molecular weight is 560 g/mol. The Morgan fingerprint density at radius 2 is 1.89 bits per heavy atom. The normalized spacial score (nSPS) is 15.6.